The fraction of sp³-hybridized carbons (Fsp3) is 0.286. The maximum atomic E-state index is 11.7. The molecule has 4 heteroatoms. The Morgan fingerprint density at radius 3 is 2.00 bits per heavy atom. The Kier molecular flexibility index (Phi) is 4.66. The molecule has 1 aromatic carbocycles. The molecule has 0 radical (unpaired) electrons. The zero-order chi connectivity index (χ0) is 13.7. The molecule has 0 saturated carbocycles. The van der Waals surface area contributed by atoms with Crippen molar-refractivity contribution in [2.24, 2.45) is 0 Å². The highest BCUT2D eigenvalue weighted by Crippen LogP contribution is 2.19. The van der Waals surface area contributed by atoms with Gasteiger partial charge in [-0.2, -0.15) is 0 Å². The minimum Gasteiger partial charge on any atom is -0.466 e. The lowest BCUT2D eigenvalue weighted by Gasteiger charge is -2.08. The molecule has 96 valence electrons. The van der Waals surface area contributed by atoms with Gasteiger partial charge in [0.1, 0.15) is 0 Å². The number of methoxy groups -OCH3 is 2. The molecule has 0 bridgehead atoms. The summed E-state index contributed by atoms with van der Waals surface area (Å²) in [6.07, 6.45) is 1.14. The fourth-order valence-corrected chi connectivity index (χ4v) is 1.68. The Labute approximate surface area is 106 Å². The Balaban J connectivity index is 3.30. The highest BCUT2D eigenvalue weighted by Gasteiger charge is 2.15. The molecule has 0 unspecified atom stereocenters. The summed E-state index contributed by atoms with van der Waals surface area (Å²) < 4.78 is 9.21. The molecule has 18 heavy (non-hydrogen) atoms. The standard InChI is InChI=1S/C14H16O4/c1-9-5-10(2)7-11(6-9)12(14(16)18-4)8-13(15)17-3/h5-8H,1-4H3/b12-8-. The molecular formula is C14H16O4. The monoisotopic (exact) mass is 248 g/mol. The van der Waals surface area contributed by atoms with Crippen LogP contribution in [0.2, 0.25) is 0 Å². The van der Waals surface area contributed by atoms with Crippen LogP contribution >= 0.6 is 0 Å². The van der Waals surface area contributed by atoms with Crippen LogP contribution in [0.1, 0.15) is 16.7 Å². The third-order valence-corrected chi connectivity index (χ3v) is 2.40. The highest BCUT2D eigenvalue weighted by molar-refractivity contribution is 6.20. The lowest BCUT2D eigenvalue weighted by Crippen LogP contribution is -2.08. The van der Waals surface area contributed by atoms with Crippen LogP contribution in [0.15, 0.2) is 24.3 Å². The molecule has 0 atom stereocenters. The molecule has 0 amide bonds. The van der Waals surface area contributed by atoms with Gasteiger partial charge in [0.15, 0.2) is 0 Å². The van der Waals surface area contributed by atoms with Crippen LogP contribution in [-0.2, 0) is 19.1 Å². The summed E-state index contributed by atoms with van der Waals surface area (Å²) in [4.78, 5) is 23.0. The van der Waals surface area contributed by atoms with Crippen LogP contribution in [0.5, 0.6) is 0 Å². The smallest absolute Gasteiger partial charge is 0.338 e. The molecule has 0 fully saturated rings. The molecule has 0 heterocycles. The second-order valence-corrected chi connectivity index (χ2v) is 3.95. The van der Waals surface area contributed by atoms with Crippen LogP contribution < -0.4 is 0 Å². The van der Waals surface area contributed by atoms with Gasteiger partial charge in [-0.3, -0.25) is 0 Å². The summed E-state index contributed by atoms with van der Waals surface area (Å²) in [6.45, 7) is 3.84. The average Bonchev–Trinajstić information content (AvgIpc) is 2.33. The number of benzene rings is 1. The van der Waals surface area contributed by atoms with E-state index in [1.165, 1.54) is 14.2 Å². The zero-order valence-corrected chi connectivity index (χ0v) is 10.9. The van der Waals surface area contributed by atoms with Crippen molar-refractivity contribution in [2.45, 2.75) is 13.8 Å². The molecule has 0 aliphatic rings. The molecule has 0 aliphatic carbocycles. The van der Waals surface area contributed by atoms with Crippen molar-refractivity contribution in [3.05, 3.63) is 41.0 Å². The first kappa shape index (κ1) is 14.0. The van der Waals surface area contributed by atoms with E-state index >= 15 is 0 Å². The SMILES string of the molecule is COC(=O)/C=C(\C(=O)OC)c1cc(C)cc(C)c1. The number of rotatable bonds is 3. The molecule has 0 N–H and O–H groups in total. The molecule has 0 aromatic heterocycles. The molecule has 0 aliphatic heterocycles. The maximum absolute atomic E-state index is 11.7. The fourth-order valence-electron chi connectivity index (χ4n) is 1.68. The van der Waals surface area contributed by atoms with Gasteiger partial charge < -0.3 is 9.47 Å². The van der Waals surface area contributed by atoms with Crippen molar-refractivity contribution in [2.75, 3.05) is 14.2 Å². The second kappa shape index (κ2) is 6.00. The van der Waals surface area contributed by atoms with Gasteiger partial charge in [0, 0.05) is 6.08 Å². The molecule has 1 rings (SSSR count). The summed E-state index contributed by atoms with van der Waals surface area (Å²) in [7, 11) is 2.53. The summed E-state index contributed by atoms with van der Waals surface area (Å²) in [5.74, 6) is -1.15. The number of hydrogen-bond acceptors (Lipinski definition) is 4. The van der Waals surface area contributed by atoms with E-state index in [-0.39, 0.29) is 5.57 Å². The van der Waals surface area contributed by atoms with E-state index in [1.807, 2.05) is 32.0 Å². The second-order valence-electron chi connectivity index (χ2n) is 3.95. The normalized spacial score (nSPS) is 11.0. The van der Waals surface area contributed by atoms with Gasteiger partial charge in [0.25, 0.3) is 0 Å². The molecular weight excluding hydrogens is 232 g/mol. The summed E-state index contributed by atoms with van der Waals surface area (Å²) in [6, 6.07) is 5.62. The summed E-state index contributed by atoms with van der Waals surface area (Å²) in [5.41, 5.74) is 2.84. The summed E-state index contributed by atoms with van der Waals surface area (Å²) >= 11 is 0. The Hall–Kier alpha value is -2.10. The van der Waals surface area contributed by atoms with Gasteiger partial charge in [0.05, 0.1) is 19.8 Å². The van der Waals surface area contributed by atoms with E-state index in [0.29, 0.717) is 5.56 Å². The zero-order valence-electron chi connectivity index (χ0n) is 10.9. The van der Waals surface area contributed by atoms with Crippen LogP contribution in [-0.4, -0.2) is 26.2 Å². The van der Waals surface area contributed by atoms with E-state index < -0.39 is 11.9 Å². The van der Waals surface area contributed by atoms with Crippen molar-refractivity contribution >= 4 is 17.5 Å². The number of ether oxygens (including phenoxy) is 2. The van der Waals surface area contributed by atoms with Gasteiger partial charge in [-0.25, -0.2) is 9.59 Å². The van der Waals surface area contributed by atoms with Crippen LogP contribution in [0.4, 0.5) is 0 Å². The minimum atomic E-state index is -0.588. The first-order chi connectivity index (χ1) is 8.47. The number of esters is 2. The van der Waals surface area contributed by atoms with E-state index in [9.17, 15) is 9.59 Å². The largest absolute Gasteiger partial charge is 0.466 e. The van der Waals surface area contributed by atoms with Gasteiger partial charge in [0.2, 0.25) is 0 Å². The van der Waals surface area contributed by atoms with E-state index in [0.717, 1.165) is 17.2 Å². The minimum absolute atomic E-state index is 0.191. The third kappa shape index (κ3) is 3.45. The van der Waals surface area contributed by atoms with E-state index in [4.69, 9.17) is 0 Å². The maximum Gasteiger partial charge on any atom is 0.338 e. The Morgan fingerprint density at radius 1 is 1.00 bits per heavy atom. The van der Waals surface area contributed by atoms with Crippen LogP contribution in [0, 0.1) is 13.8 Å². The topological polar surface area (TPSA) is 52.6 Å². The molecule has 4 nitrogen and oxygen atoms in total. The Bertz CT molecular complexity index is 480. The number of carbonyl (C=O) groups excluding carboxylic acids is 2. The van der Waals surface area contributed by atoms with Gasteiger partial charge in [-0.1, -0.05) is 29.3 Å². The first-order valence-corrected chi connectivity index (χ1v) is 5.44. The third-order valence-electron chi connectivity index (χ3n) is 2.40. The van der Waals surface area contributed by atoms with Gasteiger partial charge in [-0.15, -0.1) is 0 Å². The van der Waals surface area contributed by atoms with Crippen molar-refractivity contribution in [3.63, 3.8) is 0 Å². The predicted molar refractivity (Wildman–Crippen MR) is 67.9 cm³/mol. The predicted octanol–water partition coefficient (Wildman–Crippen LogP) is 2.03. The quantitative estimate of drug-likeness (QED) is 0.606. The lowest BCUT2D eigenvalue weighted by atomic mass is 10.0. The molecule has 1 aromatic rings. The number of carbonyl (C=O) groups is 2. The lowest BCUT2D eigenvalue weighted by molar-refractivity contribution is -0.136. The number of aryl methyl sites for hydroxylation is 2. The molecule has 0 spiro atoms. The van der Waals surface area contributed by atoms with E-state index in [1.54, 1.807) is 0 Å². The first-order valence-electron chi connectivity index (χ1n) is 5.44. The van der Waals surface area contributed by atoms with Crippen LogP contribution in [0.3, 0.4) is 0 Å². The van der Waals surface area contributed by atoms with Crippen molar-refractivity contribution in [1.82, 2.24) is 0 Å². The van der Waals surface area contributed by atoms with Gasteiger partial charge >= 0.3 is 11.9 Å². The van der Waals surface area contributed by atoms with Crippen molar-refractivity contribution in [1.29, 1.82) is 0 Å². The number of hydrogen-bond donors (Lipinski definition) is 0. The van der Waals surface area contributed by atoms with Crippen molar-refractivity contribution in [3.8, 4) is 0 Å². The van der Waals surface area contributed by atoms with Crippen molar-refractivity contribution < 1.29 is 19.1 Å². The van der Waals surface area contributed by atoms with Gasteiger partial charge in [-0.05, 0) is 19.4 Å². The highest BCUT2D eigenvalue weighted by atomic mass is 16.5. The summed E-state index contributed by atoms with van der Waals surface area (Å²) in [5, 5.41) is 0. The van der Waals surface area contributed by atoms with E-state index in [2.05, 4.69) is 9.47 Å². The Morgan fingerprint density at radius 2 is 1.56 bits per heavy atom. The average molecular weight is 248 g/mol. The molecule has 0 saturated heterocycles. The van der Waals surface area contributed by atoms with Crippen LogP contribution in [0.25, 0.3) is 5.57 Å².